The lowest BCUT2D eigenvalue weighted by Gasteiger charge is -2.12. The second-order valence-electron chi connectivity index (χ2n) is 6.67. The van der Waals surface area contributed by atoms with Crippen LogP contribution in [0, 0.1) is 6.92 Å². The zero-order valence-electron chi connectivity index (χ0n) is 16.2. The van der Waals surface area contributed by atoms with E-state index in [9.17, 15) is 0 Å². The van der Waals surface area contributed by atoms with E-state index in [4.69, 9.17) is 14.7 Å². The Morgan fingerprint density at radius 3 is 2.64 bits per heavy atom. The quantitative estimate of drug-likeness (QED) is 0.410. The van der Waals surface area contributed by atoms with Gasteiger partial charge in [0, 0.05) is 24.1 Å². The van der Waals surface area contributed by atoms with Gasteiger partial charge in [0.15, 0.2) is 11.0 Å². The van der Waals surface area contributed by atoms with Crippen LogP contribution >= 0.6 is 23.1 Å². The maximum Gasteiger partial charge on any atom is 0.197 e. The Labute approximate surface area is 172 Å². The molecule has 4 rings (SSSR count). The van der Waals surface area contributed by atoms with Gasteiger partial charge in [-0.25, -0.2) is 9.97 Å². The number of ether oxygens (including phenoxy) is 1. The summed E-state index contributed by atoms with van der Waals surface area (Å²) in [5.74, 6) is 1.57. The number of rotatable bonds is 6. The molecule has 8 heteroatoms. The number of benzene rings is 1. The third-order valence-corrected chi connectivity index (χ3v) is 6.17. The number of methoxy groups -OCH3 is 1. The Morgan fingerprint density at radius 1 is 1.14 bits per heavy atom. The van der Waals surface area contributed by atoms with Crippen molar-refractivity contribution >= 4 is 33.3 Å². The first-order valence-corrected chi connectivity index (χ1v) is 10.7. The highest BCUT2D eigenvalue weighted by Gasteiger charge is 2.20. The Kier molecular flexibility index (Phi) is 5.43. The fourth-order valence-corrected chi connectivity index (χ4v) is 5.34. The summed E-state index contributed by atoms with van der Waals surface area (Å²) in [7, 11) is 1.66. The molecule has 28 heavy (non-hydrogen) atoms. The molecule has 144 valence electrons. The van der Waals surface area contributed by atoms with Gasteiger partial charge in [0.25, 0.3) is 0 Å². The Hall–Kier alpha value is -2.29. The molecule has 0 saturated carbocycles. The summed E-state index contributed by atoms with van der Waals surface area (Å²) < 4.78 is 7.40. The number of aromatic nitrogens is 5. The monoisotopic (exact) mass is 411 g/mol. The number of hydrogen-bond donors (Lipinski definition) is 0. The van der Waals surface area contributed by atoms with Gasteiger partial charge in [-0.2, -0.15) is 0 Å². The highest BCUT2D eigenvalue weighted by molar-refractivity contribution is 7.99. The summed E-state index contributed by atoms with van der Waals surface area (Å²) in [5.41, 5.74) is 2.29. The largest absolute Gasteiger partial charge is 0.377 e. The minimum atomic E-state index is 0.268. The maximum atomic E-state index is 5.28. The summed E-state index contributed by atoms with van der Waals surface area (Å²) in [6.45, 7) is 6.61. The molecule has 0 atom stereocenters. The Bertz CT molecular complexity index is 1100. The molecule has 1 aromatic carbocycles. The Morgan fingerprint density at radius 2 is 1.93 bits per heavy atom. The first-order valence-electron chi connectivity index (χ1n) is 9.00. The van der Waals surface area contributed by atoms with Crippen LogP contribution in [0.2, 0.25) is 0 Å². The van der Waals surface area contributed by atoms with Gasteiger partial charge in [-0.15, -0.1) is 21.5 Å². The van der Waals surface area contributed by atoms with Crippen LogP contribution < -0.4 is 0 Å². The average Bonchev–Trinajstić information content (AvgIpc) is 3.26. The number of nitrogens with zero attached hydrogens (tertiary/aromatic N) is 5. The van der Waals surface area contributed by atoms with Gasteiger partial charge >= 0.3 is 0 Å². The van der Waals surface area contributed by atoms with E-state index >= 15 is 0 Å². The van der Waals surface area contributed by atoms with Gasteiger partial charge in [-0.05, 0) is 38.1 Å². The topological polar surface area (TPSA) is 65.7 Å². The highest BCUT2D eigenvalue weighted by atomic mass is 32.2. The third kappa shape index (κ3) is 3.55. The number of thiophene rings is 1. The zero-order valence-corrected chi connectivity index (χ0v) is 17.8. The van der Waals surface area contributed by atoms with Crippen molar-refractivity contribution in [3.8, 4) is 11.1 Å². The molecular formula is C20H21N5OS2. The molecule has 3 heterocycles. The molecule has 0 radical (unpaired) electrons. The maximum absolute atomic E-state index is 5.28. The minimum absolute atomic E-state index is 0.268. The van der Waals surface area contributed by atoms with Gasteiger partial charge in [0.1, 0.15) is 22.3 Å². The molecule has 4 aromatic rings. The summed E-state index contributed by atoms with van der Waals surface area (Å²) in [4.78, 5) is 10.5. The molecule has 0 fully saturated rings. The van der Waals surface area contributed by atoms with E-state index in [1.807, 2.05) is 25.1 Å². The predicted molar refractivity (Wildman–Crippen MR) is 113 cm³/mol. The molecule has 0 N–H and O–H groups in total. The number of aryl methyl sites for hydroxylation is 1. The van der Waals surface area contributed by atoms with Crippen LogP contribution in [-0.2, 0) is 11.3 Å². The van der Waals surface area contributed by atoms with E-state index in [0.29, 0.717) is 12.4 Å². The first kappa shape index (κ1) is 19.0. The van der Waals surface area contributed by atoms with Crippen molar-refractivity contribution in [3.05, 3.63) is 47.4 Å². The second-order valence-corrected chi connectivity index (χ2v) is 8.48. The first-order chi connectivity index (χ1) is 13.6. The van der Waals surface area contributed by atoms with Gasteiger partial charge in [-0.1, -0.05) is 30.3 Å². The van der Waals surface area contributed by atoms with E-state index in [-0.39, 0.29) is 6.04 Å². The summed E-state index contributed by atoms with van der Waals surface area (Å²) >= 11 is 3.16. The average molecular weight is 412 g/mol. The SMILES string of the molecule is COCc1nc(Sc2nnc(C)n2C(C)C)c2c(-c3ccccc3)csc2n1. The van der Waals surface area contributed by atoms with Crippen LogP contribution in [0.4, 0.5) is 0 Å². The van der Waals surface area contributed by atoms with Crippen molar-refractivity contribution in [2.45, 2.75) is 43.6 Å². The predicted octanol–water partition coefficient (Wildman–Crippen LogP) is 5.14. The molecule has 0 aliphatic rings. The molecule has 0 saturated heterocycles. The fraction of sp³-hybridized carbons (Fsp3) is 0.300. The molecule has 0 aliphatic heterocycles. The standard InChI is InChI=1S/C20H21N5OS2/c1-12(2)25-13(3)23-24-20(25)28-19-17-15(14-8-6-5-7-9-14)11-27-18(17)21-16(22-19)10-26-4/h5-9,11-12H,10H2,1-4H3. The molecule has 0 amide bonds. The van der Waals surface area contributed by atoms with Gasteiger partial charge in [-0.3, -0.25) is 0 Å². The van der Waals surface area contributed by atoms with E-state index in [1.165, 1.54) is 11.8 Å². The normalized spacial score (nSPS) is 11.6. The zero-order chi connectivity index (χ0) is 19.7. The van der Waals surface area contributed by atoms with Crippen molar-refractivity contribution < 1.29 is 4.74 Å². The van der Waals surface area contributed by atoms with Crippen LogP contribution in [0.25, 0.3) is 21.3 Å². The van der Waals surface area contributed by atoms with E-state index < -0.39 is 0 Å². The van der Waals surface area contributed by atoms with Crippen molar-refractivity contribution in [2.24, 2.45) is 0 Å². The van der Waals surface area contributed by atoms with Crippen molar-refractivity contribution in [3.63, 3.8) is 0 Å². The van der Waals surface area contributed by atoms with Crippen LogP contribution in [0.15, 0.2) is 45.9 Å². The third-order valence-electron chi connectivity index (χ3n) is 4.34. The van der Waals surface area contributed by atoms with Crippen LogP contribution in [-0.4, -0.2) is 31.8 Å². The summed E-state index contributed by atoms with van der Waals surface area (Å²) in [5, 5.41) is 13.6. The van der Waals surface area contributed by atoms with Crippen molar-refractivity contribution in [1.82, 2.24) is 24.7 Å². The fourth-order valence-electron chi connectivity index (χ4n) is 3.15. The second kappa shape index (κ2) is 7.98. The van der Waals surface area contributed by atoms with E-state index in [0.717, 1.165) is 37.4 Å². The molecule has 0 unspecified atom stereocenters. The van der Waals surface area contributed by atoms with Crippen LogP contribution in [0.1, 0.15) is 31.5 Å². The number of hydrogen-bond acceptors (Lipinski definition) is 7. The highest BCUT2D eigenvalue weighted by Crippen LogP contribution is 2.40. The summed E-state index contributed by atoms with van der Waals surface area (Å²) in [6, 6.07) is 10.6. The molecule has 0 bridgehead atoms. The van der Waals surface area contributed by atoms with E-state index in [1.54, 1.807) is 18.4 Å². The number of fused-ring (bicyclic) bond motifs is 1. The lowest BCUT2D eigenvalue weighted by molar-refractivity contribution is 0.177. The lowest BCUT2D eigenvalue weighted by Crippen LogP contribution is -2.05. The molecule has 3 aromatic heterocycles. The van der Waals surface area contributed by atoms with Crippen molar-refractivity contribution in [2.75, 3.05) is 7.11 Å². The summed E-state index contributed by atoms with van der Waals surface area (Å²) in [6.07, 6.45) is 0. The molecule has 6 nitrogen and oxygen atoms in total. The molecule has 0 aliphatic carbocycles. The molecular weight excluding hydrogens is 390 g/mol. The molecule has 0 spiro atoms. The smallest absolute Gasteiger partial charge is 0.197 e. The van der Waals surface area contributed by atoms with Gasteiger partial charge in [0.05, 0.1) is 5.39 Å². The van der Waals surface area contributed by atoms with Gasteiger partial charge < -0.3 is 9.30 Å². The van der Waals surface area contributed by atoms with Crippen molar-refractivity contribution in [1.29, 1.82) is 0 Å². The minimum Gasteiger partial charge on any atom is -0.377 e. The van der Waals surface area contributed by atoms with E-state index in [2.05, 4.69) is 46.1 Å². The Balaban J connectivity index is 1.89. The van der Waals surface area contributed by atoms with Crippen LogP contribution in [0.3, 0.4) is 0 Å². The van der Waals surface area contributed by atoms with Crippen LogP contribution in [0.5, 0.6) is 0 Å². The van der Waals surface area contributed by atoms with Gasteiger partial charge in [0.2, 0.25) is 0 Å². The lowest BCUT2D eigenvalue weighted by atomic mass is 10.1.